The summed E-state index contributed by atoms with van der Waals surface area (Å²) < 4.78 is 11.8. The van der Waals surface area contributed by atoms with Crippen molar-refractivity contribution in [2.45, 2.75) is 32.1 Å². The first-order chi connectivity index (χ1) is 16.8. The number of ether oxygens (including phenoxy) is 2. The van der Waals surface area contributed by atoms with E-state index in [1.807, 2.05) is 40.5 Å². The molecule has 0 N–H and O–H groups in total. The van der Waals surface area contributed by atoms with E-state index in [2.05, 4.69) is 19.9 Å². The van der Waals surface area contributed by atoms with E-state index >= 15 is 0 Å². The highest BCUT2D eigenvalue weighted by molar-refractivity contribution is 5.34. The fraction of sp³-hybridized carbons (Fsp3) is 0.417. The topological polar surface area (TPSA) is 95.0 Å². The van der Waals surface area contributed by atoms with Crippen molar-refractivity contribution in [3.8, 4) is 29.3 Å². The van der Waals surface area contributed by atoms with E-state index < -0.39 is 0 Å². The molecular formula is C24H28N6O4. The smallest absolute Gasteiger partial charge is 0.301 e. The number of hydrogen-bond acceptors (Lipinski definition) is 10. The van der Waals surface area contributed by atoms with Crippen molar-refractivity contribution >= 4 is 0 Å². The summed E-state index contributed by atoms with van der Waals surface area (Å²) in [6, 6.07) is 9.69. The van der Waals surface area contributed by atoms with Gasteiger partial charge in [0, 0.05) is 45.0 Å². The van der Waals surface area contributed by atoms with Crippen molar-refractivity contribution in [2.75, 3.05) is 32.8 Å². The summed E-state index contributed by atoms with van der Waals surface area (Å²) in [6.45, 7) is 3.83. The summed E-state index contributed by atoms with van der Waals surface area (Å²) in [4.78, 5) is 29.7. The molecule has 2 aliphatic rings. The van der Waals surface area contributed by atoms with E-state index in [1.165, 1.54) is 0 Å². The van der Waals surface area contributed by atoms with Crippen LogP contribution >= 0.6 is 0 Å². The van der Waals surface area contributed by atoms with E-state index in [9.17, 15) is 0 Å². The predicted octanol–water partition coefficient (Wildman–Crippen LogP) is 3.46. The second-order valence-corrected chi connectivity index (χ2v) is 8.11. The maximum Gasteiger partial charge on any atom is 0.301 e. The minimum Gasteiger partial charge on any atom is -0.493 e. The van der Waals surface area contributed by atoms with Gasteiger partial charge in [-0.15, -0.1) is 10.1 Å². The maximum absolute atomic E-state index is 6.05. The molecular weight excluding hydrogens is 436 g/mol. The average Bonchev–Trinajstić information content (AvgIpc) is 3.57. The minimum atomic E-state index is 0.214. The van der Waals surface area contributed by atoms with E-state index in [0.717, 1.165) is 63.3 Å². The molecule has 10 heteroatoms. The quantitative estimate of drug-likeness (QED) is 0.444. The molecule has 0 unspecified atom stereocenters. The Hall–Kier alpha value is -3.50. The van der Waals surface area contributed by atoms with Gasteiger partial charge in [-0.05, 0) is 37.8 Å². The van der Waals surface area contributed by atoms with Crippen LogP contribution in [0.2, 0.25) is 0 Å². The molecule has 0 atom stereocenters. The summed E-state index contributed by atoms with van der Waals surface area (Å²) in [7, 11) is 0. The molecule has 0 aliphatic carbocycles. The van der Waals surface area contributed by atoms with Crippen LogP contribution in [0.4, 0.5) is 0 Å². The summed E-state index contributed by atoms with van der Waals surface area (Å²) in [5.74, 6) is 1.83. The highest BCUT2D eigenvalue weighted by atomic mass is 16.7. The van der Waals surface area contributed by atoms with Gasteiger partial charge in [-0.25, -0.2) is 19.9 Å². The Balaban J connectivity index is 1.31. The molecule has 4 heterocycles. The Morgan fingerprint density at radius 1 is 0.706 bits per heavy atom. The summed E-state index contributed by atoms with van der Waals surface area (Å²) in [5.41, 5.74) is 0.741. The SMILES string of the molecule is c1ccc(OCCc2cnc(Oc3nccnc3ON3CCCC3)c(ON3CCCC3)n2)cc1. The summed E-state index contributed by atoms with van der Waals surface area (Å²) in [5, 5.41) is 3.74. The van der Waals surface area contributed by atoms with Gasteiger partial charge in [0.05, 0.1) is 18.5 Å². The summed E-state index contributed by atoms with van der Waals surface area (Å²) >= 11 is 0. The molecule has 178 valence electrons. The Labute approximate surface area is 198 Å². The van der Waals surface area contributed by atoms with Gasteiger partial charge in [0.2, 0.25) is 0 Å². The van der Waals surface area contributed by atoms with E-state index in [1.54, 1.807) is 18.6 Å². The predicted molar refractivity (Wildman–Crippen MR) is 123 cm³/mol. The Kier molecular flexibility index (Phi) is 7.27. The lowest BCUT2D eigenvalue weighted by Crippen LogP contribution is -2.25. The monoisotopic (exact) mass is 464 g/mol. The number of rotatable bonds is 10. The molecule has 1 aromatic carbocycles. The number of aromatic nitrogens is 4. The molecule has 0 radical (unpaired) electrons. The van der Waals surface area contributed by atoms with Crippen LogP contribution in [0.25, 0.3) is 0 Å². The molecule has 2 fully saturated rings. The lowest BCUT2D eigenvalue weighted by atomic mass is 10.3. The van der Waals surface area contributed by atoms with Crippen LogP contribution in [0.3, 0.4) is 0 Å². The van der Waals surface area contributed by atoms with Crippen molar-refractivity contribution in [2.24, 2.45) is 0 Å². The van der Waals surface area contributed by atoms with Crippen LogP contribution in [-0.4, -0.2) is 62.8 Å². The number of para-hydroxylation sites is 1. The number of hydroxylamine groups is 4. The third-order valence-electron chi connectivity index (χ3n) is 5.52. The van der Waals surface area contributed by atoms with Crippen LogP contribution in [0, 0.1) is 0 Å². The van der Waals surface area contributed by atoms with Gasteiger partial charge >= 0.3 is 11.8 Å². The zero-order valence-corrected chi connectivity index (χ0v) is 19.0. The molecule has 10 nitrogen and oxygen atoms in total. The summed E-state index contributed by atoms with van der Waals surface area (Å²) in [6.07, 6.45) is 9.69. The molecule has 0 bridgehead atoms. The lowest BCUT2D eigenvalue weighted by molar-refractivity contribution is -0.0449. The molecule has 0 amide bonds. The van der Waals surface area contributed by atoms with Gasteiger partial charge in [-0.2, -0.15) is 0 Å². The molecule has 34 heavy (non-hydrogen) atoms. The Bertz CT molecular complexity index is 1060. The van der Waals surface area contributed by atoms with Crippen molar-refractivity contribution < 1.29 is 19.1 Å². The van der Waals surface area contributed by atoms with Gasteiger partial charge in [0.15, 0.2) is 0 Å². The van der Waals surface area contributed by atoms with Crippen LogP contribution in [0.1, 0.15) is 31.4 Å². The number of hydrogen-bond donors (Lipinski definition) is 0. The third-order valence-corrected chi connectivity index (χ3v) is 5.52. The molecule has 2 saturated heterocycles. The fourth-order valence-corrected chi connectivity index (χ4v) is 3.78. The van der Waals surface area contributed by atoms with Gasteiger partial charge in [0.25, 0.3) is 11.8 Å². The highest BCUT2D eigenvalue weighted by Gasteiger charge is 2.23. The highest BCUT2D eigenvalue weighted by Crippen LogP contribution is 2.32. The van der Waals surface area contributed by atoms with E-state index in [4.69, 9.17) is 19.1 Å². The first-order valence-electron chi connectivity index (χ1n) is 11.7. The van der Waals surface area contributed by atoms with E-state index in [0.29, 0.717) is 18.9 Å². The van der Waals surface area contributed by atoms with Crippen molar-refractivity contribution in [3.63, 3.8) is 0 Å². The molecule has 0 saturated carbocycles. The Morgan fingerprint density at radius 3 is 2.03 bits per heavy atom. The molecule has 5 rings (SSSR count). The van der Waals surface area contributed by atoms with Gasteiger partial charge in [-0.1, -0.05) is 18.2 Å². The zero-order chi connectivity index (χ0) is 23.0. The van der Waals surface area contributed by atoms with Crippen LogP contribution < -0.4 is 19.1 Å². The normalized spacial score (nSPS) is 16.5. The maximum atomic E-state index is 6.05. The van der Waals surface area contributed by atoms with Crippen LogP contribution in [0.15, 0.2) is 48.9 Å². The minimum absolute atomic E-state index is 0.214. The van der Waals surface area contributed by atoms with Crippen molar-refractivity contribution in [1.82, 2.24) is 30.1 Å². The molecule has 2 aliphatic heterocycles. The third kappa shape index (κ3) is 5.89. The van der Waals surface area contributed by atoms with Crippen LogP contribution in [-0.2, 0) is 6.42 Å². The molecule has 3 aromatic rings. The molecule has 0 spiro atoms. The average molecular weight is 465 g/mol. The zero-order valence-electron chi connectivity index (χ0n) is 19.0. The lowest BCUT2D eigenvalue weighted by Gasteiger charge is -2.19. The van der Waals surface area contributed by atoms with Crippen molar-refractivity contribution in [1.29, 1.82) is 0 Å². The largest absolute Gasteiger partial charge is 0.493 e. The number of benzene rings is 1. The Morgan fingerprint density at radius 2 is 1.32 bits per heavy atom. The fourth-order valence-electron chi connectivity index (χ4n) is 3.78. The van der Waals surface area contributed by atoms with E-state index in [-0.39, 0.29) is 17.6 Å². The molecule has 2 aromatic heterocycles. The van der Waals surface area contributed by atoms with Crippen LogP contribution in [0.5, 0.6) is 29.3 Å². The first-order valence-corrected chi connectivity index (χ1v) is 11.7. The van der Waals surface area contributed by atoms with Gasteiger partial charge in [-0.3, -0.25) is 0 Å². The van der Waals surface area contributed by atoms with Crippen molar-refractivity contribution in [3.05, 3.63) is 54.6 Å². The van der Waals surface area contributed by atoms with Gasteiger partial charge in [0.1, 0.15) is 5.75 Å². The van der Waals surface area contributed by atoms with Gasteiger partial charge < -0.3 is 19.1 Å². The number of nitrogens with zero attached hydrogens (tertiary/aromatic N) is 6. The first kappa shape index (κ1) is 22.3. The second kappa shape index (κ2) is 11.1. The second-order valence-electron chi connectivity index (χ2n) is 8.11. The standard InChI is InChI=1S/C24H28N6O4/c1-2-8-20(9-3-1)31-17-10-19-18-27-22(24(28-19)34-30-15-6-7-16-30)32-21-23(26-12-11-25-21)33-29-13-4-5-14-29/h1-3,8-9,11-12,18H,4-7,10,13-17H2.